The molecule has 0 radical (unpaired) electrons. The molecule has 1 rings (SSSR count). The largest absolute Gasteiger partial charge is 0.490 e. The molecule has 0 fully saturated rings. The zero-order chi connectivity index (χ0) is 14.3. The van der Waals surface area contributed by atoms with Crippen LogP contribution in [0.2, 0.25) is 0 Å². The Morgan fingerprint density at radius 3 is 2.74 bits per heavy atom. The van der Waals surface area contributed by atoms with Gasteiger partial charge in [0.1, 0.15) is 18.5 Å². The molecule has 2 atom stereocenters. The highest BCUT2D eigenvalue weighted by molar-refractivity contribution is 9.10. The van der Waals surface area contributed by atoms with E-state index in [0.717, 1.165) is 15.8 Å². The van der Waals surface area contributed by atoms with Crippen LogP contribution in [-0.2, 0) is 4.74 Å². The predicted octanol–water partition coefficient (Wildman–Crippen LogP) is 2.51. The number of rotatable bonds is 8. The minimum Gasteiger partial charge on any atom is -0.490 e. The number of ether oxygens (including phenoxy) is 2. The van der Waals surface area contributed by atoms with Crippen LogP contribution in [0, 0.1) is 0 Å². The van der Waals surface area contributed by atoms with Crippen LogP contribution in [0.4, 0.5) is 0 Å². The van der Waals surface area contributed by atoms with E-state index >= 15 is 0 Å². The van der Waals surface area contributed by atoms with Gasteiger partial charge in [0, 0.05) is 22.7 Å². The maximum Gasteiger partial charge on any atom is 0.124 e. The number of nitrogens with one attached hydrogen (secondary N) is 1. The van der Waals surface area contributed by atoms with Gasteiger partial charge in [-0.3, -0.25) is 0 Å². The van der Waals surface area contributed by atoms with Gasteiger partial charge in [-0.25, -0.2) is 0 Å². The predicted molar refractivity (Wildman–Crippen MR) is 79.6 cm³/mol. The summed E-state index contributed by atoms with van der Waals surface area (Å²) in [6.07, 6.45) is -0.610. The van der Waals surface area contributed by atoms with Crippen LogP contribution >= 0.6 is 15.9 Å². The Morgan fingerprint density at radius 2 is 2.11 bits per heavy atom. The number of aliphatic hydroxyl groups excluding tert-OH is 1. The summed E-state index contributed by atoms with van der Waals surface area (Å²) in [5.41, 5.74) is 1.06. The molecule has 2 N–H and O–H groups in total. The summed E-state index contributed by atoms with van der Waals surface area (Å²) in [5, 5.41) is 12.9. The Kier molecular flexibility index (Phi) is 7.38. The molecule has 19 heavy (non-hydrogen) atoms. The second kappa shape index (κ2) is 8.53. The van der Waals surface area contributed by atoms with Crippen molar-refractivity contribution in [3.05, 3.63) is 28.2 Å². The molecule has 0 saturated carbocycles. The van der Waals surface area contributed by atoms with Crippen LogP contribution in [0.3, 0.4) is 0 Å². The van der Waals surface area contributed by atoms with E-state index in [9.17, 15) is 5.11 Å². The van der Waals surface area contributed by atoms with Gasteiger partial charge >= 0.3 is 0 Å². The lowest BCUT2D eigenvalue weighted by atomic mass is 10.1. The maximum atomic E-state index is 9.71. The average Bonchev–Trinajstić information content (AvgIpc) is 2.42. The molecule has 0 bridgehead atoms. The Balaban J connectivity index is 2.66. The van der Waals surface area contributed by atoms with E-state index in [4.69, 9.17) is 9.47 Å². The molecule has 0 heterocycles. The summed E-state index contributed by atoms with van der Waals surface area (Å²) < 4.78 is 11.8. The average molecular weight is 332 g/mol. The number of hydrogen-bond acceptors (Lipinski definition) is 4. The van der Waals surface area contributed by atoms with E-state index in [0.29, 0.717) is 13.2 Å². The van der Waals surface area contributed by atoms with Crippen molar-refractivity contribution in [2.45, 2.75) is 26.0 Å². The van der Waals surface area contributed by atoms with E-state index < -0.39 is 6.10 Å². The molecular weight excluding hydrogens is 310 g/mol. The van der Waals surface area contributed by atoms with Crippen LogP contribution in [0.5, 0.6) is 5.75 Å². The molecule has 0 amide bonds. The zero-order valence-corrected chi connectivity index (χ0v) is 13.2. The van der Waals surface area contributed by atoms with Gasteiger partial charge in [0.05, 0.1) is 6.61 Å². The van der Waals surface area contributed by atoms with Gasteiger partial charge in [0.2, 0.25) is 0 Å². The summed E-state index contributed by atoms with van der Waals surface area (Å²) in [6, 6.07) is 6.03. The summed E-state index contributed by atoms with van der Waals surface area (Å²) in [6.45, 7) is 5.08. The fourth-order valence-electron chi connectivity index (χ4n) is 1.63. The molecule has 0 saturated heterocycles. The summed E-state index contributed by atoms with van der Waals surface area (Å²) in [4.78, 5) is 0. The van der Waals surface area contributed by atoms with Crippen LogP contribution in [0.1, 0.15) is 25.5 Å². The van der Waals surface area contributed by atoms with Gasteiger partial charge in [0.25, 0.3) is 0 Å². The molecule has 1 aromatic rings. The van der Waals surface area contributed by atoms with Crippen molar-refractivity contribution in [1.29, 1.82) is 0 Å². The quantitative estimate of drug-likeness (QED) is 0.768. The van der Waals surface area contributed by atoms with Gasteiger partial charge in [0.15, 0.2) is 0 Å². The molecular formula is C14H22BrNO3. The van der Waals surface area contributed by atoms with Gasteiger partial charge in [-0.15, -0.1) is 0 Å². The monoisotopic (exact) mass is 331 g/mol. The fraction of sp³-hybridized carbons (Fsp3) is 0.571. The number of hydrogen-bond donors (Lipinski definition) is 2. The van der Waals surface area contributed by atoms with E-state index in [1.807, 2.05) is 32.2 Å². The topological polar surface area (TPSA) is 50.7 Å². The van der Waals surface area contributed by atoms with Gasteiger partial charge in [-0.05, 0) is 39.1 Å². The number of halogens is 1. The van der Waals surface area contributed by atoms with Crippen LogP contribution in [0.15, 0.2) is 22.7 Å². The highest BCUT2D eigenvalue weighted by atomic mass is 79.9. The molecule has 0 spiro atoms. The molecule has 1 aromatic carbocycles. The smallest absolute Gasteiger partial charge is 0.124 e. The van der Waals surface area contributed by atoms with Gasteiger partial charge in [-0.1, -0.05) is 15.9 Å². The molecule has 0 aliphatic heterocycles. The first-order valence-electron chi connectivity index (χ1n) is 6.43. The molecule has 2 unspecified atom stereocenters. The van der Waals surface area contributed by atoms with Crippen molar-refractivity contribution in [3.63, 3.8) is 0 Å². The van der Waals surface area contributed by atoms with Crippen molar-refractivity contribution in [2.75, 3.05) is 26.9 Å². The lowest BCUT2D eigenvalue weighted by molar-refractivity contribution is 0.0162. The van der Waals surface area contributed by atoms with Crippen molar-refractivity contribution in [3.8, 4) is 5.75 Å². The number of benzene rings is 1. The van der Waals surface area contributed by atoms with Crippen LogP contribution in [-0.4, -0.2) is 38.1 Å². The second-order valence-corrected chi connectivity index (χ2v) is 5.23. The van der Waals surface area contributed by atoms with Crippen molar-refractivity contribution >= 4 is 15.9 Å². The Bertz CT molecular complexity index is 387. The molecule has 0 aliphatic rings. The third-order valence-electron chi connectivity index (χ3n) is 2.82. The minimum absolute atomic E-state index is 0.177. The van der Waals surface area contributed by atoms with Gasteiger partial charge in [-0.2, -0.15) is 0 Å². The van der Waals surface area contributed by atoms with E-state index in [2.05, 4.69) is 28.2 Å². The summed E-state index contributed by atoms with van der Waals surface area (Å²) in [7, 11) is 1.90. The highest BCUT2D eigenvalue weighted by Gasteiger charge is 2.12. The first kappa shape index (κ1) is 16.4. The van der Waals surface area contributed by atoms with Crippen molar-refractivity contribution in [2.24, 2.45) is 0 Å². The zero-order valence-electron chi connectivity index (χ0n) is 11.6. The Labute approximate surface area is 123 Å². The van der Waals surface area contributed by atoms with Crippen molar-refractivity contribution < 1.29 is 14.6 Å². The summed E-state index contributed by atoms with van der Waals surface area (Å²) >= 11 is 3.46. The molecule has 0 aromatic heterocycles. The van der Waals surface area contributed by atoms with Crippen LogP contribution < -0.4 is 10.1 Å². The van der Waals surface area contributed by atoms with E-state index in [-0.39, 0.29) is 12.6 Å². The molecule has 4 nitrogen and oxygen atoms in total. The molecule has 0 aliphatic carbocycles. The second-order valence-electron chi connectivity index (χ2n) is 4.32. The summed E-state index contributed by atoms with van der Waals surface area (Å²) in [5.74, 6) is 0.778. The third kappa shape index (κ3) is 5.48. The fourth-order valence-corrected chi connectivity index (χ4v) is 2.01. The lowest BCUT2D eigenvalue weighted by Gasteiger charge is -2.18. The maximum absolute atomic E-state index is 9.71. The Hall–Kier alpha value is -0.620. The SMILES string of the molecule is CCOCC(O)COc1ccc(Br)cc1C(C)NC. The van der Waals surface area contributed by atoms with Crippen LogP contribution in [0.25, 0.3) is 0 Å². The van der Waals surface area contributed by atoms with Crippen molar-refractivity contribution in [1.82, 2.24) is 5.32 Å². The first-order valence-corrected chi connectivity index (χ1v) is 7.23. The first-order chi connectivity index (χ1) is 9.08. The highest BCUT2D eigenvalue weighted by Crippen LogP contribution is 2.28. The number of aliphatic hydroxyl groups is 1. The molecule has 108 valence electrons. The minimum atomic E-state index is -0.610. The van der Waals surface area contributed by atoms with E-state index in [1.165, 1.54) is 0 Å². The van der Waals surface area contributed by atoms with Gasteiger partial charge < -0.3 is 19.9 Å². The Morgan fingerprint density at radius 1 is 1.37 bits per heavy atom. The normalized spacial score (nSPS) is 14.2. The third-order valence-corrected chi connectivity index (χ3v) is 3.31. The van der Waals surface area contributed by atoms with E-state index in [1.54, 1.807) is 0 Å². The standard InChI is InChI=1S/C14H22BrNO3/c1-4-18-8-12(17)9-19-14-6-5-11(15)7-13(14)10(2)16-3/h5-7,10,12,16-17H,4,8-9H2,1-3H3. The molecule has 5 heteroatoms. The lowest BCUT2D eigenvalue weighted by Crippen LogP contribution is -2.24.